The summed E-state index contributed by atoms with van der Waals surface area (Å²) in [6.07, 6.45) is 0.406. The molecule has 0 bridgehead atoms. The number of hydrogen-bond acceptors (Lipinski definition) is 4. The maximum atomic E-state index is 13.0. The van der Waals surface area contributed by atoms with E-state index >= 15 is 0 Å². The predicted octanol–water partition coefficient (Wildman–Crippen LogP) is 2.40. The monoisotopic (exact) mass is 289 g/mol. The zero-order chi connectivity index (χ0) is 14.6. The highest BCUT2D eigenvalue weighted by molar-refractivity contribution is 6.30. The fourth-order valence-electron chi connectivity index (χ4n) is 1.32. The SMILES string of the molecule is CC(C)(C)OC(=O)NCC(N)c1cc(F)cnc1Cl. The number of nitrogens with zero attached hydrogens (tertiary/aromatic N) is 1. The van der Waals surface area contributed by atoms with Gasteiger partial charge in [-0.25, -0.2) is 14.2 Å². The molecule has 3 N–H and O–H groups in total. The van der Waals surface area contributed by atoms with Crippen molar-refractivity contribution in [1.29, 1.82) is 0 Å². The Labute approximate surface area is 116 Å². The highest BCUT2D eigenvalue weighted by Crippen LogP contribution is 2.19. The van der Waals surface area contributed by atoms with E-state index in [9.17, 15) is 9.18 Å². The number of halogens is 2. The molecule has 106 valence electrons. The number of ether oxygens (including phenoxy) is 1. The smallest absolute Gasteiger partial charge is 0.407 e. The average molecular weight is 290 g/mol. The fourth-order valence-corrected chi connectivity index (χ4v) is 1.56. The molecule has 1 atom stereocenters. The number of amides is 1. The van der Waals surface area contributed by atoms with E-state index in [4.69, 9.17) is 22.1 Å². The van der Waals surface area contributed by atoms with E-state index in [-0.39, 0.29) is 11.7 Å². The van der Waals surface area contributed by atoms with Crippen LogP contribution in [-0.2, 0) is 4.74 Å². The minimum absolute atomic E-state index is 0.0692. The van der Waals surface area contributed by atoms with Gasteiger partial charge in [-0.15, -0.1) is 0 Å². The van der Waals surface area contributed by atoms with E-state index in [0.717, 1.165) is 6.20 Å². The van der Waals surface area contributed by atoms with Crippen molar-refractivity contribution in [3.8, 4) is 0 Å². The number of hydrogen-bond donors (Lipinski definition) is 2. The summed E-state index contributed by atoms with van der Waals surface area (Å²) < 4.78 is 18.1. The lowest BCUT2D eigenvalue weighted by atomic mass is 10.1. The molecule has 1 heterocycles. The lowest BCUT2D eigenvalue weighted by Gasteiger charge is -2.21. The van der Waals surface area contributed by atoms with Crippen LogP contribution in [0.1, 0.15) is 32.4 Å². The van der Waals surface area contributed by atoms with Gasteiger partial charge in [0.05, 0.1) is 12.2 Å². The first-order chi connectivity index (χ1) is 8.69. The Hall–Kier alpha value is -1.40. The van der Waals surface area contributed by atoms with E-state index in [0.29, 0.717) is 5.56 Å². The molecule has 0 aromatic carbocycles. The van der Waals surface area contributed by atoms with Crippen LogP contribution in [0.15, 0.2) is 12.3 Å². The molecule has 0 radical (unpaired) electrons. The molecule has 19 heavy (non-hydrogen) atoms. The van der Waals surface area contributed by atoms with Crippen LogP contribution in [0, 0.1) is 5.82 Å². The van der Waals surface area contributed by atoms with Gasteiger partial charge in [0, 0.05) is 12.1 Å². The minimum atomic E-state index is -0.664. The van der Waals surface area contributed by atoms with Crippen molar-refractivity contribution in [2.75, 3.05) is 6.54 Å². The molecule has 1 aromatic rings. The van der Waals surface area contributed by atoms with Gasteiger partial charge in [-0.2, -0.15) is 0 Å². The van der Waals surface area contributed by atoms with E-state index < -0.39 is 23.6 Å². The first kappa shape index (κ1) is 15.7. The van der Waals surface area contributed by atoms with Crippen LogP contribution in [0.3, 0.4) is 0 Å². The van der Waals surface area contributed by atoms with Crippen molar-refractivity contribution in [1.82, 2.24) is 10.3 Å². The second kappa shape index (κ2) is 6.16. The van der Waals surface area contributed by atoms with Gasteiger partial charge in [0.2, 0.25) is 0 Å². The van der Waals surface area contributed by atoms with Crippen molar-refractivity contribution in [2.45, 2.75) is 32.4 Å². The lowest BCUT2D eigenvalue weighted by molar-refractivity contribution is 0.0524. The highest BCUT2D eigenvalue weighted by atomic mass is 35.5. The molecule has 1 aromatic heterocycles. The Balaban J connectivity index is 2.58. The summed E-state index contributed by atoms with van der Waals surface area (Å²) in [7, 11) is 0. The molecule has 0 saturated carbocycles. The number of aromatic nitrogens is 1. The van der Waals surface area contributed by atoms with Gasteiger partial charge in [0.25, 0.3) is 0 Å². The van der Waals surface area contributed by atoms with E-state index in [1.807, 2.05) is 0 Å². The summed E-state index contributed by atoms with van der Waals surface area (Å²) in [6, 6.07) is 0.528. The summed E-state index contributed by atoms with van der Waals surface area (Å²) in [6.45, 7) is 5.32. The van der Waals surface area contributed by atoms with Gasteiger partial charge in [-0.05, 0) is 26.8 Å². The van der Waals surface area contributed by atoms with E-state index in [1.54, 1.807) is 20.8 Å². The highest BCUT2D eigenvalue weighted by Gasteiger charge is 2.18. The largest absolute Gasteiger partial charge is 0.444 e. The Morgan fingerprint density at radius 1 is 1.63 bits per heavy atom. The fraction of sp³-hybridized carbons (Fsp3) is 0.500. The van der Waals surface area contributed by atoms with Gasteiger partial charge < -0.3 is 15.8 Å². The average Bonchev–Trinajstić information content (AvgIpc) is 2.27. The lowest BCUT2D eigenvalue weighted by Crippen LogP contribution is -2.36. The summed E-state index contributed by atoms with van der Waals surface area (Å²) >= 11 is 5.81. The van der Waals surface area contributed by atoms with Crippen LogP contribution < -0.4 is 11.1 Å². The molecule has 7 heteroatoms. The van der Waals surface area contributed by atoms with Crippen LogP contribution >= 0.6 is 11.6 Å². The van der Waals surface area contributed by atoms with Crippen molar-refractivity contribution in [3.63, 3.8) is 0 Å². The van der Waals surface area contributed by atoms with E-state index in [1.165, 1.54) is 6.07 Å². The van der Waals surface area contributed by atoms with Crippen LogP contribution in [0.25, 0.3) is 0 Å². The Morgan fingerprint density at radius 2 is 2.26 bits per heavy atom. The second-order valence-electron chi connectivity index (χ2n) is 5.02. The standard InChI is InChI=1S/C12H17ClFN3O2/c1-12(2,3)19-11(18)17-6-9(15)8-4-7(14)5-16-10(8)13/h4-5,9H,6,15H2,1-3H3,(H,17,18). The normalized spacial score (nSPS) is 12.9. The second-order valence-corrected chi connectivity index (χ2v) is 5.38. The third kappa shape index (κ3) is 5.40. The van der Waals surface area contributed by atoms with Crippen LogP contribution in [0.2, 0.25) is 5.15 Å². The Kier molecular flexibility index (Phi) is 5.08. The number of nitrogens with one attached hydrogen (secondary N) is 1. The van der Waals surface area contributed by atoms with Crippen molar-refractivity contribution < 1.29 is 13.9 Å². The number of pyridine rings is 1. The number of carbonyl (C=O) groups is 1. The molecular weight excluding hydrogens is 273 g/mol. The van der Waals surface area contributed by atoms with Gasteiger partial charge in [0.15, 0.2) is 0 Å². The third-order valence-electron chi connectivity index (χ3n) is 2.10. The van der Waals surface area contributed by atoms with Crippen molar-refractivity contribution in [2.24, 2.45) is 5.73 Å². The zero-order valence-electron chi connectivity index (χ0n) is 11.0. The number of nitrogens with two attached hydrogens (primary N) is 1. The quantitative estimate of drug-likeness (QED) is 0.838. The Morgan fingerprint density at radius 3 is 2.84 bits per heavy atom. The summed E-state index contributed by atoms with van der Waals surface area (Å²) in [5.41, 5.74) is 5.56. The molecule has 0 aliphatic rings. The number of carbonyl (C=O) groups excluding carboxylic acids is 1. The topological polar surface area (TPSA) is 77.2 Å². The summed E-state index contributed by atoms with van der Waals surface area (Å²) in [4.78, 5) is 15.1. The van der Waals surface area contributed by atoms with Gasteiger partial charge in [-0.1, -0.05) is 11.6 Å². The third-order valence-corrected chi connectivity index (χ3v) is 2.41. The molecule has 0 aliphatic carbocycles. The molecule has 0 fully saturated rings. The van der Waals surface area contributed by atoms with Crippen molar-refractivity contribution >= 4 is 17.7 Å². The molecular formula is C12H17ClFN3O2. The van der Waals surface area contributed by atoms with Gasteiger partial charge >= 0.3 is 6.09 Å². The molecule has 0 saturated heterocycles. The first-order valence-corrected chi connectivity index (χ1v) is 6.10. The van der Waals surface area contributed by atoms with Gasteiger partial charge in [-0.3, -0.25) is 0 Å². The maximum Gasteiger partial charge on any atom is 0.407 e. The molecule has 1 unspecified atom stereocenters. The van der Waals surface area contributed by atoms with Gasteiger partial charge in [0.1, 0.15) is 16.6 Å². The van der Waals surface area contributed by atoms with Crippen molar-refractivity contribution in [3.05, 3.63) is 28.8 Å². The maximum absolute atomic E-state index is 13.0. The number of rotatable bonds is 3. The number of alkyl carbamates (subject to hydrolysis) is 1. The van der Waals surface area contributed by atoms with Crippen LogP contribution in [0.5, 0.6) is 0 Å². The predicted molar refractivity (Wildman–Crippen MR) is 70.4 cm³/mol. The van der Waals surface area contributed by atoms with Crippen LogP contribution in [0.4, 0.5) is 9.18 Å². The molecule has 0 spiro atoms. The van der Waals surface area contributed by atoms with Crippen LogP contribution in [-0.4, -0.2) is 23.2 Å². The molecule has 0 aliphatic heterocycles. The molecule has 1 amide bonds. The zero-order valence-corrected chi connectivity index (χ0v) is 11.8. The molecule has 1 rings (SSSR count). The summed E-state index contributed by atoms with van der Waals surface area (Å²) in [5, 5.41) is 2.60. The van der Waals surface area contributed by atoms with E-state index in [2.05, 4.69) is 10.3 Å². The minimum Gasteiger partial charge on any atom is -0.444 e. The summed E-state index contributed by atoms with van der Waals surface area (Å²) in [5.74, 6) is -0.535. The molecule has 5 nitrogen and oxygen atoms in total. The Bertz CT molecular complexity index is 463. The first-order valence-electron chi connectivity index (χ1n) is 5.72.